The molecule has 0 radical (unpaired) electrons. The Morgan fingerprint density at radius 2 is 2.29 bits per heavy atom. The molecule has 5 nitrogen and oxygen atoms in total. The Morgan fingerprint density at radius 1 is 1.53 bits per heavy atom. The largest absolute Gasteiger partial charge is 0.478 e. The average molecular weight is 252 g/mol. The molecule has 1 aromatic rings. The quantitative estimate of drug-likeness (QED) is 0.704. The highest BCUT2D eigenvalue weighted by Crippen LogP contribution is 2.30. The Bertz CT molecular complexity index is 476. The van der Waals surface area contributed by atoms with E-state index >= 15 is 0 Å². The van der Waals surface area contributed by atoms with Crippen LogP contribution in [0.2, 0.25) is 0 Å². The summed E-state index contributed by atoms with van der Waals surface area (Å²) in [6.07, 6.45) is 0. The Kier molecular flexibility index (Phi) is 3.23. The van der Waals surface area contributed by atoms with Crippen LogP contribution in [0.1, 0.15) is 10.4 Å². The van der Waals surface area contributed by atoms with Crippen LogP contribution in [0.4, 0.5) is 11.4 Å². The monoisotopic (exact) mass is 252 g/mol. The number of carbonyl (C=O) groups is 2. The van der Waals surface area contributed by atoms with Crippen LogP contribution in [-0.2, 0) is 4.79 Å². The first-order valence-corrected chi connectivity index (χ1v) is 5.79. The smallest absolute Gasteiger partial charge is 0.335 e. The second-order valence-electron chi connectivity index (χ2n) is 3.66. The second kappa shape index (κ2) is 4.67. The maximum Gasteiger partial charge on any atom is 0.335 e. The number of hydrogen-bond acceptors (Lipinski definition) is 4. The summed E-state index contributed by atoms with van der Waals surface area (Å²) in [5.41, 5.74) is 1.59. The van der Waals surface area contributed by atoms with Gasteiger partial charge in [-0.3, -0.25) is 4.79 Å². The lowest BCUT2D eigenvalue weighted by Gasteiger charge is -2.29. The van der Waals surface area contributed by atoms with Crippen LogP contribution >= 0.6 is 12.6 Å². The third kappa shape index (κ3) is 2.21. The van der Waals surface area contributed by atoms with Gasteiger partial charge in [0.25, 0.3) is 0 Å². The number of thiol groups is 1. The minimum atomic E-state index is -0.979. The van der Waals surface area contributed by atoms with Gasteiger partial charge in [-0.05, 0) is 18.2 Å². The van der Waals surface area contributed by atoms with Crippen molar-refractivity contribution in [1.82, 2.24) is 0 Å². The van der Waals surface area contributed by atoms with Gasteiger partial charge in [-0.25, -0.2) is 4.79 Å². The van der Waals surface area contributed by atoms with Crippen molar-refractivity contribution in [3.05, 3.63) is 23.8 Å². The Hall–Kier alpha value is -1.69. The first-order chi connectivity index (χ1) is 8.13. The number of anilines is 2. The fraction of sp³-hybridized carbons (Fsp3) is 0.273. The summed E-state index contributed by atoms with van der Waals surface area (Å²) < 4.78 is 0. The molecule has 1 aliphatic heterocycles. The first-order valence-electron chi connectivity index (χ1n) is 5.16. The standard InChI is InChI=1S/C11H12N2O3S/c14-10-6-12-8-5-7(11(15)16)1-2-9(8)13(10)3-4-17/h1-2,5,12,17H,3-4,6H2,(H,15,16). The van der Waals surface area contributed by atoms with E-state index in [1.807, 2.05) is 0 Å². The van der Waals surface area contributed by atoms with Gasteiger partial charge in [0.2, 0.25) is 5.91 Å². The maximum atomic E-state index is 11.7. The molecule has 2 rings (SSSR count). The number of aromatic carboxylic acids is 1. The molecule has 2 N–H and O–H groups in total. The maximum absolute atomic E-state index is 11.7. The number of benzene rings is 1. The molecule has 0 unspecified atom stereocenters. The van der Waals surface area contributed by atoms with Crippen molar-refractivity contribution in [3.63, 3.8) is 0 Å². The van der Waals surface area contributed by atoms with E-state index in [-0.39, 0.29) is 18.0 Å². The van der Waals surface area contributed by atoms with Crippen molar-refractivity contribution >= 4 is 35.9 Å². The van der Waals surface area contributed by atoms with Gasteiger partial charge in [0.15, 0.2) is 0 Å². The van der Waals surface area contributed by atoms with Crippen LogP contribution in [-0.4, -0.2) is 35.8 Å². The molecule has 0 atom stereocenters. The van der Waals surface area contributed by atoms with Gasteiger partial charge in [-0.2, -0.15) is 12.6 Å². The molecular formula is C11H12N2O3S. The minimum absolute atomic E-state index is 0.0328. The summed E-state index contributed by atoms with van der Waals surface area (Å²) in [5.74, 6) is -0.451. The van der Waals surface area contributed by atoms with Gasteiger partial charge >= 0.3 is 5.97 Å². The molecule has 0 aromatic heterocycles. The summed E-state index contributed by atoms with van der Waals surface area (Å²) in [6.45, 7) is 0.701. The van der Waals surface area contributed by atoms with Gasteiger partial charge in [0.1, 0.15) is 0 Å². The normalized spacial score (nSPS) is 14.2. The molecule has 0 spiro atoms. The third-order valence-electron chi connectivity index (χ3n) is 2.59. The van der Waals surface area contributed by atoms with Crippen LogP contribution in [0.3, 0.4) is 0 Å². The van der Waals surface area contributed by atoms with Gasteiger partial charge in [0, 0.05) is 12.3 Å². The van der Waals surface area contributed by atoms with Gasteiger partial charge < -0.3 is 15.3 Å². The highest BCUT2D eigenvalue weighted by atomic mass is 32.1. The highest BCUT2D eigenvalue weighted by Gasteiger charge is 2.23. The molecule has 90 valence electrons. The molecule has 1 aliphatic rings. The molecule has 17 heavy (non-hydrogen) atoms. The highest BCUT2D eigenvalue weighted by molar-refractivity contribution is 7.80. The molecule has 0 saturated heterocycles. The van der Waals surface area contributed by atoms with E-state index in [1.54, 1.807) is 11.0 Å². The van der Waals surface area contributed by atoms with Crippen molar-refractivity contribution < 1.29 is 14.7 Å². The zero-order chi connectivity index (χ0) is 12.4. The summed E-state index contributed by atoms with van der Waals surface area (Å²) >= 11 is 4.11. The fourth-order valence-electron chi connectivity index (χ4n) is 1.79. The molecule has 6 heteroatoms. The van der Waals surface area contributed by atoms with Crippen molar-refractivity contribution in [2.75, 3.05) is 29.1 Å². The lowest BCUT2D eigenvalue weighted by Crippen LogP contribution is -2.41. The SMILES string of the molecule is O=C(O)c1ccc2c(c1)NCC(=O)N2CCS. The van der Waals surface area contributed by atoms with Crippen molar-refractivity contribution in [2.24, 2.45) is 0 Å². The van der Waals surface area contributed by atoms with E-state index in [2.05, 4.69) is 17.9 Å². The number of amides is 1. The molecule has 0 bridgehead atoms. The molecular weight excluding hydrogens is 240 g/mol. The number of carboxylic acid groups (broad SMARTS) is 1. The van der Waals surface area contributed by atoms with E-state index in [0.29, 0.717) is 23.7 Å². The predicted octanol–water partition coefficient (Wildman–Crippen LogP) is 1.07. The van der Waals surface area contributed by atoms with Crippen LogP contribution in [0.25, 0.3) is 0 Å². The van der Waals surface area contributed by atoms with Gasteiger partial charge in [0.05, 0.1) is 23.5 Å². The number of carbonyl (C=O) groups excluding carboxylic acids is 1. The summed E-state index contributed by atoms with van der Waals surface area (Å²) in [6, 6.07) is 4.68. The zero-order valence-electron chi connectivity index (χ0n) is 9.01. The number of hydrogen-bond donors (Lipinski definition) is 3. The second-order valence-corrected chi connectivity index (χ2v) is 4.11. The Balaban J connectivity index is 2.40. The number of nitrogens with one attached hydrogen (secondary N) is 1. The van der Waals surface area contributed by atoms with Gasteiger partial charge in [-0.15, -0.1) is 0 Å². The molecule has 1 aromatic carbocycles. The molecule has 0 aliphatic carbocycles. The average Bonchev–Trinajstić information content (AvgIpc) is 2.32. The molecule has 0 fully saturated rings. The van der Waals surface area contributed by atoms with Gasteiger partial charge in [-0.1, -0.05) is 0 Å². The van der Waals surface area contributed by atoms with Crippen molar-refractivity contribution in [1.29, 1.82) is 0 Å². The summed E-state index contributed by atoms with van der Waals surface area (Å²) in [4.78, 5) is 24.1. The third-order valence-corrected chi connectivity index (χ3v) is 2.79. The first kappa shape index (κ1) is 11.8. The van der Waals surface area contributed by atoms with E-state index in [0.717, 1.165) is 0 Å². The van der Waals surface area contributed by atoms with Crippen LogP contribution in [0.5, 0.6) is 0 Å². The lowest BCUT2D eigenvalue weighted by atomic mass is 10.1. The Morgan fingerprint density at radius 3 is 2.94 bits per heavy atom. The lowest BCUT2D eigenvalue weighted by molar-refractivity contribution is -0.117. The number of carboxylic acids is 1. The van der Waals surface area contributed by atoms with E-state index < -0.39 is 5.97 Å². The number of rotatable bonds is 3. The number of nitrogens with zero attached hydrogens (tertiary/aromatic N) is 1. The molecule has 1 amide bonds. The molecule has 0 saturated carbocycles. The minimum Gasteiger partial charge on any atom is -0.478 e. The predicted molar refractivity (Wildman–Crippen MR) is 68.1 cm³/mol. The topological polar surface area (TPSA) is 69.6 Å². The van der Waals surface area contributed by atoms with Crippen LogP contribution < -0.4 is 10.2 Å². The Labute approximate surface area is 104 Å². The van der Waals surface area contributed by atoms with Crippen LogP contribution in [0, 0.1) is 0 Å². The summed E-state index contributed by atoms with van der Waals surface area (Å²) in [5, 5.41) is 11.8. The van der Waals surface area contributed by atoms with E-state index in [4.69, 9.17) is 5.11 Å². The molecule has 1 heterocycles. The van der Waals surface area contributed by atoms with E-state index in [1.165, 1.54) is 12.1 Å². The number of fused-ring (bicyclic) bond motifs is 1. The summed E-state index contributed by atoms with van der Waals surface area (Å²) in [7, 11) is 0. The van der Waals surface area contributed by atoms with E-state index in [9.17, 15) is 9.59 Å². The van der Waals surface area contributed by atoms with Crippen molar-refractivity contribution in [2.45, 2.75) is 0 Å². The van der Waals surface area contributed by atoms with Crippen LogP contribution in [0.15, 0.2) is 18.2 Å². The zero-order valence-corrected chi connectivity index (χ0v) is 9.91. The van der Waals surface area contributed by atoms with Crippen molar-refractivity contribution in [3.8, 4) is 0 Å². The fourth-order valence-corrected chi connectivity index (χ4v) is 1.99.